The van der Waals surface area contributed by atoms with E-state index in [0.717, 1.165) is 11.1 Å². The van der Waals surface area contributed by atoms with E-state index in [4.69, 9.17) is 4.42 Å². The zero-order chi connectivity index (χ0) is 27.0. The summed E-state index contributed by atoms with van der Waals surface area (Å²) >= 11 is 0. The van der Waals surface area contributed by atoms with Crippen LogP contribution >= 0.6 is 0 Å². The highest BCUT2D eigenvalue weighted by molar-refractivity contribution is 6.03. The van der Waals surface area contributed by atoms with Gasteiger partial charge in [-0.15, -0.1) is 0 Å². The van der Waals surface area contributed by atoms with Gasteiger partial charge in [-0.3, -0.25) is 14.4 Å². The van der Waals surface area contributed by atoms with Crippen LogP contribution in [0.3, 0.4) is 0 Å². The van der Waals surface area contributed by atoms with Crippen LogP contribution in [0.1, 0.15) is 49.0 Å². The van der Waals surface area contributed by atoms with Crippen molar-refractivity contribution in [3.8, 4) is 5.75 Å². The van der Waals surface area contributed by atoms with E-state index in [1.165, 1.54) is 17.2 Å². The molecular formula is C29H32N4O5. The molecule has 1 aliphatic carbocycles. The van der Waals surface area contributed by atoms with Crippen LogP contribution in [0.5, 0.6) is 5.75 Å². The van der Waals surface area contributed by atoms with E-state index in [-0.39, 0.29) is 40.8 Å². The monoisotopic (exact) mass is 516 g/mol. The molecular weight excluding hydrogens is 484 g/mol. The smallest absolute Gasteiger partial charge is 0.253 e. The Bertz CT molecular complexity index is 1340. The predicted octanol–water partition coefficient (Wildman–Crippen LogP) is 3.53. The molecule has 38 heavy (non-hydrogen) atoms. The molecule has 1 aromatic heterocycles. The molecule has 1 fully saturated rings. The van der Waals surface area contributed by atoms with Crippen molar-refractivity contribution in [1.29, 1.82) is 0 Å². The normalized spacial score (nSPS) is 21.1. The second-order valence-corrected chi connectivity index (χ2v) is 10.2. The Morgan fingerprint density at radius 3 is 2.42 bits per heavy atom. The first-order valence-corrected chi connectivity index (χ1v) is 13.0. The SMILES string of the molecule is CC[C@H](C)[C@@H]1C(=O)N[C@H](C2Cc3ccccc3C2)C(=O)N1C(C(=O)Nc1ccccc1O)c1coc(C)n1. The number of aromatic nitrogens is 1. The topological polar surface area (TPSA) is 125 Å². The van der Waals surface area contributed by atoms with Crippen LogP contribution in [0.2, 0.25) is 0 Å². The van der Waals surface area contributed by atoms with Gasteiger partial charge in [0.15, 0.2) is 11.9 Å². The minimum atomic E-state index is -1.24. The molecule has 2 aliphatic rings. The zero-order valence-electron chi connectivity index (χ0n) is 21.7. The number of aromatic hydroxyl groups is 1. The molecule has 1 unspecified atom stereocenters. The molecule has 3 aromatic rings. The minimum Gasteiger partial charge on any atom is -0.506 e. The Kier molecular flexibility index (Phi) is 6.93. The summed E-state index contributed by atoms with van der Waals surface area (Å²) in [5.74, 6) is -1.36. The number of hydrogen-bond acceptors (Lipinski definition) is 6. The summed E-state index contributed by atoms with van der Waals surface area (Å²) in [5.41, 5.74) is 2.74. The number of carbonyl (C=O) groups excluding carboxylic acids is 3. The Morgan fingerprint density at radius 1 is 1.16 bits per heavy atom. The van der Waals surface area contributed by atoms with E-state index in [2.05, 4.69) is 15.6 Å². The van der Waals surface area contributed by atoms with Crippen LogP contribution in [-0.2, 0) is 27.2 Å². The number of nitrogens with zero attached hydrogens (tertiary/aromatic N) is 2. The molecule has 0 radical (unpaired) electrons. The van der Waals surface area contributed by atoms with E-state index in [0.29, 0.717) is 25.2 Å². The second kappa shape index (κ2) is 10.3. The number of para-hydroxylation sites is 2. The van der Waals surface area contributed by atoms with Gasteiger partial charge in [0.25, 0.3) is 5.91 Å². The van der Waals surface area contributed by atoms with Gasteiger partial charge in [0.05, 0.1) is 5.69 Å². The van der Waals surface area contributed by atoms with Crippen LogP contribution in [0.4, 0.5) is 5.69 Å². The van der Waals surface area contributed by atoms with E-state index in [9.17, 15) is 19.5 Å². The summed E-state index contributed by atoms with van der Waals surface area (Å²) in [6.45, 7) is 5.48. The lowest BCUT2D eigenvalue weighted by molar-refractivity contribution is -0.158. The molecule has 2 aromatic carbocycles. The third kappa shape index (κ3) is 4.64. The average Bonchev–Trinajstić information content (AvgIpc) is 3.53. The zero-order valence-corrected chi connectivity index (χ0v) is 21.7. The van der Waals surface area contributed by atoms with Gasteiger partial charge < -0.3 is 25.1 Å². The van der Waals surface area contributed by atoms with Crippen LogP contribution in [0.25, 0.3) is 0 Å². The number of oxazole rings is 1. The molecule has 1 saturated heterocycles. The van der Waals surface area contributed by atoms with Gasteiger partial charge in [-0.2, -0.15) is 0 Å². The van der Waals surface area contributed by atoms with Crippen molar-refractivity contribution in [2.45, 2.75) is 58.2 Å². The highest BCUT2D eigenvalue weighted by atomic mass is 16.3. The van der Waals surface area contributed by atoms with Crippen LogP contribution in [0.15, 0.2) is 59.2 Å². The quantitative estimate of drug-likeness (QED) is 0.413. The first kappa shape index (κ1) is 25.5. The number of phenols is 1. The molecule has 198 valence electrons. The molecule has 4 atom stereocenters. The van der Waals surface area contributed by atoms with Gasteiger partial charge in [-0.25, -0.2) is 4.98 Å². The third-order valence-corrected chi connectivity index (χ3v) is 7.73. The number of rotatable bonds is 7. The lowest BCUT2D eigenvalue weighted by Gasteiger charge is -2.45. The number of aryl methyl sites for hydroxylation is 1. The van der Waals surface area contributed by atoms with E-state index in [1.807, 2.05) is 38.1 Å². The fourth-order valence-electron chi connectivity index (χ4n) is 5.61. The van der Waals surface area contributed by atoms with Crippen molar-refractivity contribution in [1.82, 2.24) is 15.2 Å². The van der Waals surface area contributed by atoms with Crippen molar-refractivity contribution in [2.24, 2.45) is 11.8 Å². The van der Waals surface area contributed by atoms with Gasteiger partial charge >= 0.3 is 0 Å². The van der Waals surface area contributed by atoms with Crippen LogP contribution < -0.4 is 10.6 Å². The number of anilines is 1. The summed E-state index contributed by atoms with van der Waals surface area (Å²) in [6.07, 6.45) is 3.28. The molecule has 2 heterocycles. The highest BCUT2D eigenvalue weighted by Gasteiger charge is 2.51. The summed E-state index contributed by atoms with van der Waals surface area (Å²) in [6, 6.07) is 11.5. The number of benzene rings is 2. The summed E-state index contributed by atoms with van der Waals surface area (Å²) in [5, 5.41) is 16.0. The van der Waals surface area contributed by atoms with Gasteiger partial charge in [0.2, 0.25) is 11.8 Å². The number of piperazine rings is 1. The predicted molar refractivity (Wildman–Crippen MR) is 140 cm³/mol. The van der Waals surface area contributed by atoms with Gasteiger partial charge in [-0.05, 0) is 47.9 Å². The number of fused-ring (bicyclic) bond motifs is 1. The first-order valence-electron chi connectivity index (χ1n) is 13.0. The van der Waals surface area contributed by atoms with Crippen molar-refractivity contribution in [3.05, 3.63) is 77.5 Å². The fourth-order valence-corrected chi connectivity index (χ4v) is 5.61. The van der Waals surface area contributed by atoms with Crippen LogP contribution in [0, 0.1) is 18.8 Å². The third-order valence-electron chi connectivity index (χ3n) is 7.73. The maximum Gasteiger partial charge on any atom is 0.253 e. The maximum atomic E-state index is 14.3. The van der Waals surface area contributed by atoms with Gasteiger partial charge in [-0.1, -0.05) is 56.7 Å². The molecule has 9 heteroatoms. The van der Waals surface area contributed by atoms with Crippen molar-refractivity contribution >= 4 is 23.4 Å². The van der Waals surface area contributed by atoms with Gasteiger partial charge in [0.1, 0.15) is 29.8 Å². The molecule has 3 N–H and O–H groups in total. The molecule has 3 amide bonds. The largest absolute Gasteiger partial charge is 0.506 e. The molecule has 0 bridgehead atoms. The first-order chi connectivity index (χ1) is 18.3. The average molecular weight is 517 g/mol. The summed E-state index contributed by atoms with van der Waals surface area (Å²) < 4.78 is 5.43. The molecule has 5 rings (SSSR count). The second-order valence-electron chi connectivity index (χ2n) is 10.2. The summed E-state index contributed by atoms with van der Waals surface area (Å²) in [4.78, 5) is 47.6. The number of carbonyl (C=O) groups is 3. The Morgan fingerprint density at radius 2 is 1.82 bits per heavy atom. The lowest BCUT2D eigenvalue weighted by Crippen LogP contribution is -2.68. The van der Waals surface area contributed by atoms with Crippen LogP contribution in [-0.4, -0.2) is 44.8 Å². The lowest BCUT2D eigenvalue weighted by atomic mass is 9.86. The maximum absolute atomic E-state index is 14.3. The molecule has 9 nitrogen and oxygen atoms in total. The Hall–Kier alpha value is -4.14. The van der Waals surface area contributed by atoms with E-state index >= 15 is 0 Å². The minimum absolute atomic E-state index is 0.112. The Balaban J connectivity index is 1.55. The van der Waals surface area contributed by atoms with E-state index in [1.54, 1.807) is 25.1 Å². The van der Waals surface area contributed by atoms with E-state index < -0.39 is 24.0 Å². The highest BCUT2D eigenvalue weighted by Crippen LogP contribution is 2.36. The molecule has 0 saturated carbocycles. The van der Waals surface area contributed by atoms with Gasteiger partial charge in [0, 0.05) is 6.92 Å². The van der Waals surface area contributed by atoms with Crippen molar-refractivity contribution < 1.29 is 23.9 Å². The fraction of sp³-hybridized carbons (Fsp3) is 0.379. The summed E-state index contributed by atoms with van der Waals surface area (Å²) in [7, 11) is 0. The number of nitrogens with one attached hydrogen (secondary N) is 2. The number of amides is 3. The number of phenolic OH excluding ortho intramolecular Hbond substituents is 1. The standard InChI is InChI=1S/C29H32N4O5/c1-4-16(2)25-27(35)32-24(20-13-18-9-5-6-10-19(18)14-20)29(37)33(25)26(22-15-38-17(3)30-22)28(36)31-21-11-7-8-12-23(21)34/h5-12,15-16,20,24-26,34H,4,13-14H2,1-3H3,(H,31,36)(H,32,35)/t16-,24+,25+,26?/m0/s1. The molecule has 1 aliphatic heterocycles. The Labute approximate surface area is 221 Å². The van der Waals surface area contributed by atoms with Crippen molar-refractivity contribution in [2.75, 3.05) is 5.32 Å². The molecule has 0 spiro atoms. The number of hydrogen-bond donors (Lipinski definition) is 3. The van der Waals surface area contributed by atoms with Crippen molar-refractivity contribution in [3.63, 3.8) is 0 Å².